The fourth-order valence-electron chi connectivity index (χ4n) is 4.37. The molecule has 4 nitrogen and oxygen atoms in total. The highest BCUT2D eigenvalue weighted by atomic mass is 16.5. The Balaban J connectivity index is 1.95. The van der Waals surface area contributed by atoms with Crippen LogP contribution in [-0.2, 0) is 16.1 Å². The second-order valence-corrected chi connectivity index (χ2v) is 6.87. The lowest BCUT2D eigenvalue weighted by Gasteiger charge is -2.49. The summed E-state index contributed by atoms with van der Waals surface area (Å²) in [7, 11) is 1.40. The molecule has 2 aliphatic carbocycles. The van der Waals surface area contributed by atoms with Crippen molar-refractivity contribution in [3.05, 3.63) is 48.0 Å². The summed E-state index contributed by atoms with van der Waals surface area (Å²) >= 11 is 0. The van der Waals surface area contributed by atoms with Crippen LogP contribution in [-0.4, -0.2) is 30.4 Å². The third-order valence-corrected chi connectivity index (χ3v) is 5.62. The van der Waals surface area contributed by atoms with Crippen molar-refractivity contribution < 1.29 is 14.3 Å². The van der Waals surface area contributed by atoms with E-state index in [2.05, 4.69) is 6.08 Å². The molecule has 3 atom stereocenters. The van der Waals surface area contributed by atoms with E-state index in [1.165, 1.54) is 7.11 Å². The molecule has 1 saturated carbocycles. The lowest BCUT2D eigenvalue weighted by molar-refractivity contribution is -0.125. The van der Waals surface area contributed by atoms with Crippen LogP contribution in [0.1, 0.15) is 37.7 Å². The van der Waals surface area contributed by atoms with Gasteiger partial charge in [0.25, 0.3) is 0 Å². The highest BCUT2D eigenvalue weighted by molar-refractivity contribution is 5.71. The molecule has 1 aromatic rings. The highest BCUT2D eigenvalue weighted by Crippen LogP contribution is 2.49. The summed E-state index contributed by atoms with van der Waals surface area (Å²) in [5, 5.41) is 0. The van der Waals surface area contributed by atoms with Crippen LogP contribution in [0.25, 0.3) is 0 Å². The molecular formula is C20H25NO3. The summed E-state index contributed by atoms with van der Waals surface area (Å²) in [6.45, 7) is 0.449. The maximum Gasteiger partial charge on any atom is 0.410 e. The molecule has 0 spiro atoms. The molecule has 0 N–H and O–H groups in total. The Labute approximate surface area is 143 Å². The highest BCUT2D eigenvalue weighted by Gasteiger charge is 2.50. The van der Waals surface area contributed by atoms with Gasteiger partial charge in [-0.1, -0.05) is 55.3 Å². The number of fused-ring (bicyclic) bond motifs is 1. The maximum atomic E-state index is 12.5. The Morgan fingerprint density at radius 3 is 2.83 bits per heavy atom. The first-order chi connectivity index (χ1) is 11.7. The van der Waals surface area contributed by atoms with Crippen LogP contribution in [0.2, 0.25) is 0 Å². The van der Waals surface area contributed by atoms with Crippen molar-refractivity contribution in [2.75, 3.05) is 7.11 Å². The monoisotopic (exact) mass is 327 g/mol. The molecule has 1 aromatic carbocycles. The minimum atomic E-state index is -0.476. The maximum absolute atomic E-state index is 12.5. The minimum absolute atomic E-state index is 0.235. The molecule has 24 heavy (non-hydrogen) atoms. The average molecular weight is 327 g/mol. The number of amides is 1. The Morgan fingerprint density at radius 2 is 2.12 bits per heavy atom. The van der Waals surface area contributed by atoms with Crippen LogP contribution in [0, 0.1) is 11.3 Å². The van der Waals surface area contributed by atoms with Crippen molar-refractivity contribution in [1.82, 2.24) is 4.90 Å². The molecule has 0 unspecified atom stereocenters. The van der Waals surface area contributed by atoms with Gasteiger partial charge in [-0.2, -0.15) is 0 Å². The molecule has 1 amide bonds. The van der Waals surface area contributed by atoms with Gasteiger partial charge < -0.3 is 9.53 Å². The normalized spacial score (nSPS) is 28.7. The molecule has 0 heterocycles. The van der Waals surface area contributed by atoms with Crippen molar-refractivity contribution in [1.29, 1.82) is 0 Å². The van der Waals surface area contributed by atoms with Gasteiger partial charge in [0, 0.05) is 6.54 Å². The number of carbonyl (C=O) groups excluding carboxylic acids is 2. The molecule has 0 saturated heterocycles. The van der Waals surface area contributed by atoms with Crippen LogP contribution < -0.4 is 0 Å². The smallest absolute Gasteiger partial charge is 0.410 e. The summed E-state index contributed by atoms with van der Waals surface area (Å²) in [5.41, 5.74) is 0.561. The average Bonchev–Trinajstić information content (AvgIpc) is 2.65. The summed E-state index contributed by atoms with van der Waals surface area (Å²) < 4.78 is 5.04. The van der Waals surface area contributed by atoms with E-state index in [0.29, 0.717) is 12.5 Å². The third-order valence-electron chi connectivity index (χ3n) is 5.62. The van der Waals surface area contributed by atoms with Crippen LogP contribution in [0.4, 0.5) is 4.79 Å². The zero-order valence-corrected chi connectivity index (χ0v) is 14.2. The lowest BCUT2D eigenvalue weighted by atomic mass is 9.59. The Bertz CT molecular complexity index is 613. The standard InChI is InChI=1S/C20H25NO3/c1-24-19(23)21(14-16-8-3-2-4-9-16)18-12-7-11-17-10-5-6-13-20(17,18)15-22/h2-4,7-9,12,15,17-18H,5-6,10-11,13-14H2,1H3/t17-,18-,20+/m0/s1. The van der Waals surface area contributed by atoms with Gasteiger partial charge in [0.15, 0.2) is 0 Å². The van der Waals surface area contributed by atoms with Crippen molar-refractivity contribution in [2.24, 2.45) is 11.3 Å². The van der Waals surface area contributed by atoms with Gasteiger partial charge in [-0.05, 0) is 30.7 Å². The van der Waals surface area contributed by atoms with Gasteiger partial charge in [0.1, 0.15) is 6.29 Å². The molecular weight excluding hydrogens is 302 g/mol. The number of hydrogen-bond donors (Lipinski definition) is 0. The number of hydrogen-bond acceptors (Lipinski definition) is 3. The van der Waals surface area contributed by atoms with Crippen LogP contribution >= 0.6 is 0 Å². The van der Waals surface area contributed by atoms with Gasteiger partial charge in [0.2, 0.25) is 0 Å². The van der Waals surface area contributed by atoms with Gasteiger partial charge in [-0.15, -0.1) is 0 Å². The Morgan fingerprint density at radius 1 is 1.33 bits per heavy atom. The van der Waals surface area contributed by atoms with E-state index in [-0.39, 0.29) is 12.1 Å². The number of benzene rings is 1. The van der Waals surface area contributed by atoms with Crippen LogP contribution in [0.15, 0.2) is 42.5 Å². The first-order valence-corrected chi connectivity index (χ1v) is 8.73. The molecule has 3 rings (SSSR count). The van der Waals surface area contributed by atoms with Gasteiger partial charge in [-0.25, -0.2) is 4.79 Å². The lowest BCUT2D eigenvalue weighted by Crippen LogP contribution is -2.55. The zero-order valence-electron chi connectivity index (χ0n) is 14.2. The largest absolute Gasteiger partial charge is 0.453 e. The first-order valence-electron chi connectivity index (χ1n) is 8.73. The molecule has 0 aromatic heterocycles. The van der Waals surface area contributed by atoms with Crippen LogP contribution in [0.3, 0.4) is 0 Å². The molecule has 0 aliphatic heterocycles. The first kappa shape index (κ1) is 16.7. The van der Waals surface area contributed by atoms with E-state index >= 15 is 0 Å². The second kappa shape index (κ2) is 7.20. The Kier molecular flexibility index (Phi) is 5.03. The number of allylic oxidation sites excluding steroid dienone is 1. The quantitative estimate of drug-likeness (QED) is 0.621. The second-order valence-electron chi connectivity index (χ2n) is 6.87. The van der Waals surface area contributed by atoms with Crippen molar-refractivity contribution >= 4 is 12.4 Å². The van der Waals surface area contributed by atoms with E-state index < -0.39 is 5.41 Å². The number of aldehydes is 1. The third kappa shape index (κ3) is 2.97. The number of carbonyl (C=O) groups is 2. The van der Waals surface area contributed by atoms with E-state index in [0.717, 1.165) is 44.0 Å². The number of rotatable bonds is 4. The predicted molar refractivity (Wildman–Crippen MR) is 92.4 cm³/mol. The van der Waals surface area contributed by atoms with E-state index in [4.69, 9.17) is 4.74 Å². The summed E-state index contributed by atoms with van der Waals surface area (Å²) in [6, 6.07) is 9.63. The zero-order chi connectivity index (χ0) is 17.0. The summed E-state index contributed by atoms with van der Waals surface area (Å²) in [5.74, 6) is 0.321. The molecule has 4 heteroatoms. The van der Waals surface area contributed by atoms with Crippen molar-refractivity contribution in [3.63, 3.8) is 0 Å². The molecule has 1 fully saturated rings. The Hall–Kier alpha value is -2.10. The topological polar surface area (TPSA) is 46.6 Å². The minimum Gasteiger partial charge on any atom is -0.453 e. The predicted octanol–water partition coefficient (Wildman–Crippen LogP) is 3.96. The van der Waals surface area contributed by atoms with Gasteiger partial charge in [0.05, 0.1) is 18.6 Å². The molecule has 0 radical (unpaired) electrons. The molecule has 128 valence electrons. The van der Waals surface area contributed by atoms with E-state index in [1.54, 1.807) is 4.90 Å². The van der Waals surface area contributed by atoms with Crippen molar-refractivity contribution in [3.8, 4) is 0 Å². The number of nitrogens with zero attached hydrogens (tertiary/aromatic N) is 1. The number of ether oxygens (including phenoxy) is 1. The summed E-state index contributed by atoms with van der Waals surface area (Å²) in [6.07, 6.45) is 9.94. The fraction of sp³-hybridized carbons (Fsp3) is 0.500. The van der Waals surface area contributed by atoms with E-state index in [9.17, 15) is 9.59 Å². The van der Waals surface area contributed by atoms with Gasteiger partial charge >= 0.3 is 6.09 Å². The molecule has 2 aliphatic rings. The van der Waals surface area contributed by atoms with Crippen molar-refractivity contribution in [2.45, 2.75) is 44.7 Å². The van der Waals surface area contributed by atoms with E-state index in [1.807, 2.05) is 36.4 Å². The fourth-order valence-corrected chi connectivity index (χ4v) is 4.37. The van der Waals surface area contributed by atoms with Crippen LogP contribution in [0.5, 0.6) is 0 Å². The molecule has 0 bridgehead atoms. The summed E-state index contributed by atoms with van der Waals surface area (Å²) in [4.78, 5) is 26.4. The van der Waals surface area contributed by atoms with Gasteiger partial charge in [-0.3, -0.25) is 4.90 Å². The number of methoxy groups -OCH3 is 1. The SMILES string of the molecule is COC(=O)N(Cc1ccccc1)[C@H]1C=CC[C@@H]2CCCC[C@@]21C=O.